The first-order chi connectivity index (χ1) is 8.13. The molecule has 3 N–H and O–H groups in total. The molecule has 0 saturated heterocycles. The summed E-state index contributed by atoms with van der Waals surface area (Å²) in [5.74, 6) is 0.833. The average Bonchev–Trinajstić information content (AvgIpc) is 2.30. The maximum Gasteiger partial charge on any atom is 0.237 e. The first kappa shape index (κ1) is 14.1. The van der Waals surface area contributed by atoms with Crippen molar-refractivity contribution in [2.45, 2.75) is 25.4 Å². The number of nitrogens with two attached hydrogens (primary N) is 1. The van der Waals surface area contributed by atoms with Crippen molar-refractivity contribution >= 4 is 17.7 Å². The first-order valence-electron chi connectivity index (χ1n) is 5.72. The zero-order valence-corrected chi connectivity index (χ0v) is 11.2. The van der Waals surface area contributed by atoms with Crippen molar-refractivity contribution in [3.8, 4) is 0 Å². The molecule has 17 heavy (non-hydrogen) atoms. The van der Waals surface area contributed by atoms with Gasteiger partial charge in [0.2, 0.25) is 5.91 Å². The molecule has 94 valence electrons. The Kier molecular flexibility index (Phi) is 6.08. The van der Waals surface area contributed by atoms with Gasteiger partial charge in [0.1, 0.15) is 0 Å². The van der Waals surface area contributed by atoms with E-state index in [0.717, 1.165) is 11.3 Å². The largest absolute Gasteiger partial charge is 0.351 e. The number of amides is 1. The molecule has 0 fully saturated rings. The Hall–Kier alpha value is -1.00. The standard InChI is InChI=1S/C13H20N2OS/c1-10(9-17-2)15-13(16)12(14)8-11-6-4-3-5-7-11/h3-7,10,12H,8-9,14H2,1-2H3,(H,15,16). The van der Waals surface area contributed by atoms with Crippen molar-refractivity contribution in [1.29, 1.82) is 0 Å². The molecule has 0 heterocycles. The third kappa shape index (κ3) is 5.24. The van der Waals surface area contributed by atoms with Crippen molar-refractivity contribution in [3.05, 3.63) is 35.9 Å². The molecule has 0 aromatic heterocycles. The van der Waals surface area contributed by atoms with E-state index in [9.17, 15) is 4.79 Å². The fraction of sp³-hybridized carbons (Fsp3) is 0.462. The third-order valence-electron chi connectivity index (χ3n) is 2.44. The molecule has 2 unspecified atom stereocenters. The highest BCUT2D eigenvalue weighted by atomic mass is 32.2. The first-order valence-corrected chi connectivity index (χ1v) is 7.11. The van der Waals surface area contributed by atoms with Crippen molar-refractivity contribution in [2.24, 2.45) is 5.73 Å². The van der Waals surface area contributed by atoms with Gasteiger partial charge in [-0.1, -0.05) is 30.3 Å². The predicted octanol–water partition coefficient (Wildman–Crippen LogP) is 1.42. The Morgan fingerprint density at radius 1 is 1.41 bits per heavy atom. The van der Waals surface area contributed by atoms with Crippen LogP contribution in [0.1, 0.15) is 12.5 Å². The van der Waals surface area contributed by atoms with Crippen LogP contribution in [0.2, 0.25) is 0 Å². The molecule has 4 heteroatoms. The van der Waals surface area contributed by atoms with Gasteiger partial charge in [0.15, 0.2) is 0 Å². The van der Waals surface area contributed by atoms with Crippen LogP contribution in [-0.2, 0) is 11.2 Å². The molecule has 0 aliphatic carbocycles. The molecule has 1 aromatic carbocycles. The van der Waals surface area contributed by atoms with Gasteiger partial charge in [0, 0.05) is 11.8 Å². The highest BCUT2D eigenvalue weighted by molar-refractivity contribution is 7.98. The number of carbonyl (C=O) groups excluding carboxylic acids is 1. The van der Waals surface area contributed by atoms with Crippen molar-refractivity contribution in [1.82, 2.24) is 5.32 Å². The summed E-state index contributed by atoms with van der Waals surface area (Å²) in [5.41, 5.74) is 6.97. The summed E-state index contributed by atoms with van der Waals surface area (Å²) in [6.07, 6.45) is 2.60. The Morgan fingerprint density at radius 3 is 2.65 bits per heavy atom. The van der Waals surface area contributed by atoms with Gasteiger partial charge in [0.05, 0.1) is 6.04 Å². The summed E-state index contributed by atoms with van der Waals surface area (Å²) in [7, 11) is 0. The molecule has 0 spiro atoms. The number of hydrogen-bond donors (Lipinski definition) is 2. The number of nitrogens with one attached hydrogen (secondary N) is 1. The fourth-order valence-corrected chi connectivity index (χ4v) is 2.19. The molecule has 0 radical (unpaired) electrons. The summed E-state index contributed by atoms with van der Waals surface area (Å²) >= 11 is 1.71. The van der Waals surface area contributed by atoms with E-state index >= 15 is 0 Å². The molecule has 3 nitrogen and oxygen atoms in total. The Labute approximate surface area is 107 Å². The summed E-state index contributed by atoms with van der Waals surface area (Å²) in [5, 5.41) is 2.92. The van der Waals surface area contributed by atoms with Gasteiger partial charge in [0.25, 0.3) is 0 Å². The molecule has 1 aromatic rings. The second-order valence-electron chi connectivity index (χ2n) is 4.16. The SMILES string of the molecule is CSCC(C)NC(=O)C(N)Cc1ccccc1. The van der Waals surface area contributed by atoms with Crippen LogP contribution in [0.15, 0.2) is 30.3 Å². The maximum absolute atomic E-state index is 11.8. The molecule has 2 atom stereocenters. The highest BCUT2D eigenvalue weighted by Gasteiger charge is 2.15. The summed E-state index contributed by atoms with van der Waals surface area (Å²) < 4.78 is 0. The van der Waals surface area contributed by atoms with Gasteiger partial charge < -0.3 is 11.1 Å². The lowest BCUT2D eigenvalue weighted by atomic mass is 10.1. The Morgan fingerprint density at radius 2 is 2.06 bits per heavy atom. The molecule has 0 aliphatic rings. The van der Waals surface area contributed by atoms with Crippen LogP contribution in [0.5, 0.6) is 0 Å². The zero-order valence-electron chi connectivity index (χ0n) is 10.3. The van der Waals surface area contributed by atoms with Gasteiger partial charge >= 0.3 is 0 Å². The summed E-state index contributed by atoms with van der Waals surface area (Å²) in [4.78, 5) is 11.8. The lowest BCUT2D eigenvalue weighted by Crippen LogP contribution is -2.46. The number of thioether (sulfide) groups is 1. The fourth-order valence-electron chi connectivity index (χ4n) is 1.60. The van der Waals surface area contributed by atoms with Crippen LogP contribution in [0.25, 0.3) is 0 Å². The predicted molar refractivity (Wildman–Crippen MR) is 74.1 cm³/mol. The van der Waals surface area contributed by atoms with Crippen LogP contribution in [-0.4, -0.2) is 30.0 Å². The van der Waals surface area contributed by atoms with E-state index in [2.05, 4.69) is 5.32 Å². The lowest BCUT2D eigenvalue weighted by molar-refractivity contribution is -0.122. The van der Waals surface area contributed by atoms with E-state index in [4.69, 9.17) is 5.73 Å². The maximum atomic E-state index is 11.8. The molecule has 1 amide bonds. The summed E-state index contributed by atoms with van der Waals surface area (Å²) in [6, 6.07) is 9.53. The zero-order chi connectivity index (χ0) is 12.7. The third-order valence-corrected chi connectivity index (χ3v) is 3.27. The number of hydrogen-bond acceptors (Lipinski definition) is 3. The van der Waals surface area contributed by atoms with Gasteiger partial charge in [-0.2, -0.15) is 11.8 Å². The van der Waals surface area contributed by atoms with Gasteiger partial charge in [-0.3, -0.25) is 4.79 Å². The van der Waals surface area contributed by atoms with Crippen LogP contribution in [0, 0.1) is 0 Å². The lowest BCUT2D eigenvalue weighted by Gasteiger charge is -2.16. The van der Waals surface area contributed by atoms with Crippen molar-refractivity contribution in [2.75, 3.05) is 12.0 Å². The van der Waals surface area contributed by atoms with E-state index in [1.807, 2.05) is 43.5 Å². The van der Waals surface area contributed by atoms with Gasteiger partial charge in [-0.25, -0.2) is 0 Å². The minimum Gasteiger partial charge on any atom is -0.351 e. The van der Waals surface area contributed by atoms with E-state index in [1.165, 1.54) is 0 Å². The second kappa shape index (κ2) is 7.35. The number of carbonyl (C=O) groups is 1. The molecule has 0 bridgehead atoms. The number of benzene rings is 1. The highest BCUT2D eigenvalue weighted by Crippen LogP contribution is 2.03. The monoisotopic (exact) mass is 252 g/mol. The van der Waals surface area contributed by atoms with Gasteiger partial charge in [-0.15, -0.1) is 0 Å². The van der Waals surface area contributed by atoms with Crippen LogP contribution >= 0.6 is 11.8 Å². The van der Waals surface area contributed by atoms with Crippen LogP contribution in [0.4, 0.5) is 0 Å². The van der Waals surface area contributed by atoms with Crippen molar-refractivity contribution in [3.63, 3.8) is 0 Å². The minimum atomic E-state index is -0.471. The molecule has 0 saturated carbocycles. The molecular formula is C13H20N2OS. The Bertz CT molecular complexity index is 343. The average molecular weight is 252 g/mol. The molecule has 1 rings (SSSR count). The van der Waals surface area contributed by atoms with Crippen molar-refractivity contribution < 1.29 is 4.79 Å². The van der Waals surface area contributed by atoms with Crippen LogP contribution < -0.4 is 11.1 Å². The van der Waals surface area contributed by atoms with E-state index in [-0.39, 0.29) is 11.9 Å². The molecular weight excluding hydrogens is 232 g/mol. The quantitative estimate of drug-likeness (QED) is 0.805. The summed E-state index contributed by atoms with van der Waals surface area (Å²) in [6.45, 7) is 1.99. The van der Waals surface area contributed by atoms with Gasteiger partial charge in [-0.05, 0) is 25.2 Å². The van der Waals surface area contributed by atoms with E-state index < -0.39 is 6.04 Å². The van der Waals surface area contributed by atoms with E-state index in [0.29, 0.717) is 6.42 Å². The topological polar surface area (TPSA) is 55.1 Å². The minimum absolute atomic E-state index is 0.0737. The smallest absolute Gasteiger partial charge is 0.237 e. The normalized spacial score (nSPS) is 14.1. The molecule has 0 aliphatic heterocycles. The second-order valence-corrected chi connectivity index (χ2v) is 5.07. The van der Waals surface area contributed by atoms with E-state index in [1.54, 1.807) is 11.8 Å². The van der Waals surface area contributed by atoms with Crippen LogP contribution in [0.3, 0.4) is 0 Å². The Balaban J connectivity index is 2.42. The number of rotatable bonds is 6.